The minimum atomic E-state index is -0.448. The van der Waals surface area contributed by atoms with Crippen LogP contribution < -0.4 is 4.90 Å². The summed E-state index contributed by atoms with van der Waals surface area (Å²) in [4.78, 5) is 2.37. The first kappa shape index (κ1) is 31.4. The second-order valence-corrected chi connectivity index (χ2v) is 14.5. The van der Waals surface area contributed by atoms with E-state index in [-0.39, 0.29) is 0 Å². The fraction of sp³-hybridized carbons (Fsp3) is 0.0189. The Labute approximate surface area is 320 Å². The van der Waals surface area contributed by atoms with Gasteiger partial charge in [-0.3, -0.25) is 0 Å². The van der Waals surface area contributed by atoms with Crippen LogP contribution in [0.15, 0.2) is 218 Å². The first-order valence-corrected chi connectivity index (χ1v) is 19.0. The fourth-order valence-electron chi connectivity index (χ4n) is 9.35. The van der Waals surface area contributed by atoms with E-state index >= 15 is 0 Å². The van der Waals surface area contributed by atoms with Crippen molar-refractivity contribution in [2.75, 3.05) is 4.90 Å². The number of benzene rings is 9. The summed E-state index contributed by atoms with van der Waals surface area (Å²) in [6.07, 6.45) is 0. The molecule has 0 saturated carbocycles. The summed E-state index contributed by atoms with van der Waals surface area (Å²) in [6.45, 7) is 0. The van der Waals surface area contributed by atoms with Crippen LogP contribution in [0.1, 0.15) is 22.3 Å². The number of aromatic nitrogens is 1. The van der Waals surface area contributed by atoms with Crippen molar-refractivity contribution >= 4 is 49.6 Å². The zero-order chi connectivity index (χ0) is 36.3. The van der Waals surface area contributed by atoms with Gasteiger partial charge in [0.25, 0.3) is 0 Å². The third kappa shape index (κ3) is 4.68. The summed E-state index contributed by atoms with van der Waals surface area (Å²) in [6, 6.07) is 79.9. The van der Waals surface area contributed by atoms with Crippen molar-refractivity contribution < 1.29 is 0 Å². The Bertz CT molecular complexity index is 2980. The largest absolute Gasteiger partial charge is 0.310 e. The quantitative estimate of drug-likeness (QED) is 0.168. The maximum atomic E-state index is 2.46. The van der Waals surface area contributed by atoms with E-state index in [0.29, 0.717) is 0 Å². The normalized spacial score (nSPS) is 12.9. The second kappa shape index (κ2) is 12.5. The summed E-state index contributed by atoms with van der Waals surface area (Å²) in [7, 11) is 0. The fourth-order valence-corrected chi connectivity index (χ4v) is 9.35. The molecule has 2 nitrogen and oxygen atoms in total. The third-order valence-electron chi connectivity index (χ3n) is 11.7. The maximum absolute atomic E-state index is 2.46. The Morgan fingerprint density at radius 3 is 1.67 bits per heavy atom. The number of anilines is 3. The lowest BCUT2D eigenvalue weighted by molar-refractivity contribution is 0.770. The van der Waals surface area contributed by atoms with Crippen LogP contribution in [-0.2, 0) is 5.41 Å². The first-order valence-electron chi connectivity index (χ1n) is 19.0. The van der Waals surface area contributed by atoms with Gasteiger partial charge in [-0.15, -0.1) is 0 Å². The highest BCUT2D eigenvalue weighted by molar-refractivity contribution is 6.10. The summed E-state index contributed by atoms with van der Waals surface area (Å²) in [5.74, 6) is 0. The van der Waals surface area contributed by atoms with Crippen LogP contribution in [-0.4, -0.2) is 4.57 Å². The highest BCUT2D eigenvalue weighted by Crippen LogP contribution is 2.56. The third-order valence-corrected chi connectivity index (χ3v) is 11.7. The Morgan fingerprint density at radius 1 is 0.364 bits per heavy atom. The molecule has 11 rings (SSSR count). The highest BCUT2D eigenvalue weighted by Gasteiger charge is 2.46. The number of nitrogens with zero attached hydrogens (tertiary/aromatic N) is 2. The zero-order valence-electron chi connectivity index (χ0n) is 30.2. The molecule has 2 heteroatoms. The molecule has 0 unspecified atom stereocenters. The summed E-state index contributed by atoms with van der Waals surface area (Å²) >= 11 is 0. The molecule has 0 N–H and O–H groups in total. The van der Waals surface area contributed by atoms with Crippen LogP contribution in [0.25, 0.3) is 49.4 Å². The van der Waals surface area contributed by atoms with Gasteiger partial charge in [-0.1, -0.05) is 158 Å². The molecule has 0 atom stereocenters. The van der Waals surface area contributed by atoms with Crippen molar-refractivity contribution in [2.45, 2.75) is 5.41 Å². The van der Waals surface area contributed by atoms with Crippen molar-refractivity contribution in [1.82, 2.24) is 4.57 Å². The average Bonchev–Trinajstić information content (AvgIpc) is 3.75. The van der Waals surface area contributed by atoms with Gasteiger partial charge >= 0.3 is 0 Å². The molecule has 0 saturated heterocycles. The molecule has 1 heterocycles. The van der Waals surface area contributed by atoms with Gasteiger partial charge in [0.05, 0.1) is 22.1 Å². The minimum absolute atomic E-state index is 0.448. The van der Waals surface area contributed by atoms with E-state index in [1.807, 2.05) is 0 Å². The lowest BCUT2D eigenvalue weighted by atomic mass is 9.67. The van der Waals surface area contributed by atoms with Gasteiger partial charge in [0.15, 0.2) is 0 Å². The average molecular weight is 701 g/mol. The van der Waals surface area contributed by atoms with Crippen molar-refractivity contribution in [2.24, 2.45) is 0 Å². The molecule has 1 aromatic heterocycles. The lowest BCUT2D eigenvalue weighted by Crippen LogP contribution is -2.28. The molecule has 258 valence electrons. The summed E-state index contributed by atoms with van der Waals surface area (Å²) in [5, 5.41) is 4.93. The lowest BCUT2D eigenvalue weighted by Gasteiger charge is -2.34. The topological polar surface area (TPSA) is 8.17 Å². The van der Waals surface area contributed by atoms with Crippen molar-refractivity contribution in [3.8, 4) is 16.8 Å². The van der Waals surface area contributed by atoms with Gasteiger partial charge < -0.3 is 9.47 Å². The predicted octanol–water partition coefficient (Wildman–Crippen LogP) is 13.8. The van der Waals surface area contributed by atoms with Crippen LogP contribution in [0, 0.1) is 0 Å². The van der Waals surface area contributed by atoms with Gasteiger partial charge in [0, 0.05) is 33.2 Å². The maximum Gasteiger partial charge on any atom is 0.0713 e. The van der Waals surface area contributed by atoms with Gasteiger partial charge in [-0.2, -0.15) is 0 Å². The Morgan fingerprint density at radius 2 is 0.927 bits per heavy atom. The SMILES string of the molecule is c1ccc(N(c2ccc(-n3c4ccccc4c4cc(C5(c6ccccc6)c6ccccc6-c6ccccc65)ccc43)cc2)c2cccc3ccccc23)cc1. The smallest absolute Gasteiger partial charge is 0.0713 e. The number of hydrogen-bond donors (Lipinski definition) is 0. The highest BCUT2D eigenvalue weighted by atomic mass is 15.1. The van der Waals surface area contributed by atoms with Crippen molar-refractivity contribution in [3.05, 3.63) is 241 Å². The monoisotopic (exact) mass is 700 g/mol. The summed E-state index contributed by atoms with van der Waals surface area (Å²) in [5.41, 5.74) is 14.3. The molecule has 0 fully saturated rings. The minimum Gasteiger partial charge on any atom is -0.310 e. The molecule has 0 radical (unpaired) electrons. The molecular formula is C53H36N2. The van der Waals surface area contributed by atoms with Gasteiger partial charge in [0.1, 0.15) is 0 Å². The number of rotatable bonds is 6. The number of para-hydroxylation sites is 2. The van der Waals surface area contributed by atoms with Crippen LogP contribution >= 0.6 is 0 Å². The van der Waals surface area contributed by atoms with E-state index in [9.17, 15) is 0 Å². The Balaban J connectivity index is 1.10. The van der Waals surface area contributed by atoms with E-state index in [4.69, 9.17) is 0 Å². The Hall–Kier alpha value is -7.16. The van der Waals surface area contributed by atoms with Crippen LogP contribution in [0.3, 0.4) is 0 Å². The van der Waals surface area contributed by atoms with E-state index < -0.39 is 5.41 Å². The first-order chi connectivity index (χ1) is 27.3. The number of fused-ring (bicyclic) bond motifs is 7. The second-order valence-electron chi connectivity index (χ2n) is 14.5. The van der Waals surface area contributed by atoms with Crippen LogP contribution in [0.4, 0.5) is 17.1 Å². The van der Waals surface area contributed by atoms with Crippen molar-refractivity contribution in [1.29, 1.82) is 0 Å². The molecule has 55 heavy (non-hydrogen) atoms. The molecule has 0 aliphatic heterocycles. The molecule has 10 aromatic rings. The predicted molar refractivity (Wildman–Crippen MR) is 230 cm³/mol. The summed E-state index contributed by atoms with van der Waals surface area (Å²) < 4.78 is 2.43. The Kier molecular flexibility index (Phi) is 7.11. The van der Waals surface area contributed by atoms with E-state index in [2.05, 4.69) is 228 Å². The molecule has 0 amide bonds. The van der Waals surface area contributed by atoms with E-state index in [1.165, 1.54) is 66.0 Å². The van der Waals surface area contributed by atoms with E-state index in [1.54, 1.807) is 0 Å². The van der Waals surface area contributed by atoms with Crippen LogP contribution in [0.5, 0.6) is 0 Å². The van der Waals surface area contributed by atoms with Crippen molar-refractivity contribution in [3.63, 3.8) is 0 Å². The molecular weight excluding hydrogens is 665 g/mol. The number of hydrogen-bond acceptors (Lipinski definition) is 1. The van der Waals surface area contributed by atoms with E-state index in [0.717, 1.165) is 22.7 Å². The molecule has 9 aromatic carbocycles. The van der Waals surface area contributed by atoms with Gasteiger partial charge in [-0.05, 0) is 99.4 Å². The molecule has 0 spiro atoms. The molecule has 0 bridgehead atoms. The standard InChI is InChI=1S/C53H36N2/c1-3-18-38(19-4-1)53(48-26-12-9-23-44(48)45-24-10-13-27-49(45)53)39-30-35-52-47(36-39)46-25-11-14-28-51(46)55(52)42-33-31-41(32-34-42)54(40-20-5-2-6-21-40)50-29-15-17-37-16-7-8-22-43(37)50/h1-36H. The zero-order valence-corrected chi connectivity index (χ0v) is 30.2. The van der Waals surface area contributed by atoms with Gasteiger partial charge in [-0.25, -0.2) is 0 Å². The van der Waals surface area contributed by atoms with Gasteiger partial charge in [0.2, 0.25) is 0 Å². The van der Waals surface area contributed by atoms with Crippen LogP contribution in [0.2, 0.25) is 0 Å². The molecule has 1 aliphatic carbocycles. The molecule has 1 aliphatic rings.